The molecule has 1 aliphatic carbocycles. The van der Waals surface area contributed by atoms with Crippen LogP contribution in [-0.2, 0) is 12.8 Å². The highest BCUT2D eigenvalue weighted by Gasteiger charge is 2.29. The first-order valence-electron chi connectivity index (χ1n) is 8.22. The number of hydrogen-bond acceptors (Lipinski definition) is 2. The van der Waals surface area contributed by atoms with Gasteiger partial charge in [-0.3, -0.25) is 0 Å². The van der Waals surface area contributed by atoms with Crippen molar-refractivity contribution in [2.24, 2.45) is 0 Å². The highest BCUT2D eigenvalue weighted by atomic mass is 32.1. The second kappa shape index (κ2) is 6.76. The van der Waals surface area contributed by atoms with E-state index in [1.54, 1.807) is 10.4 Å². The maximum atomic E-state index is 3.74. The van der Waals surface area contributed by atoms with E-state index in [0.717, 1.165) is 13.0 Å². The number of aryl methyl sites for hydroxylation is 2. The van der Waals surface area contributed by atoms with E-state index in [0.29, 0.717) is 12.0 Å². The van der Waals surface area contributed by atoms with E-state index >= 15 is 0 Å². The molecule has 2 aromatic rings. The Morgan fingerprint density at radius 3 is 2.71 bits per heavy atom. The summed E-state index contributed by atoms with van der Waals surface area (Å²) < 4.78 is 0. The second-order valence-corrected chi connectivity index (χ2v) is 6.93. The monoisotopic (exact) mass is 299 g/mol. The Morgan fingerprint density at radius 1 is 1.19 bits per heavy atom. The van der Waals surface area contributed by atoms with Crippen LogP contribution in [0.1, 0.15) is 60.2 Å². The Bertz CT molecular complexity index is 570. The number of fused-ring (bicyclic) bond motifs is 1. The van der Waals surface area contributed by atoms with Gasteiger partial charge in [0.15, 0.2) is 0 Å². The zero-order chi connectivity index (χ0) is 14.7. The number of hydrogen-bond donors (Lipinski definition) is 1. The minimum atomic E-state index is 0.453. The number of nitrogens with one attached hydrogen (secondary N) is 1. The van der Waals surface area contributed by atoms with Crippen LogP contribution in [-0.4, -0.2) is 6.54 Å². The summed E-state index contributed by atoms with van der Waals surface area (Å²) in [5.74, 6) is 0.632. The van der Waals surface area contributed by atoms with E-state index in [1.807, 2.05) is 11.3 Å². The minimum Gasteiger partial charge on any atom is -0.310 e. The van der Waals surface area contributed by atoms with Gasteiger partial charge in [-0.05, 0) is 60.4 Å². The van der Waals surface area contributed by atoms with Crippen LogP contribution in [0.5, 0.6) is 0 Å². The van der Waals surface area contributed by atoms with Crippen LogP contribution in [0, 0.1) is 0 Å². The molecule has 1 heterocycles. The van der Waals surface area contributed by atoms with Gasteiger partial charge in [-0.25, -0.2) is 0 Å². The lowest BCUT2D eigenvalue weighted by atomic mass is 9.79. The molecule has 0 radical (unpaired) electrons. The van der Waals surface area contributed by atoms with Crippen LogP contribution in [0.3, 0.4) is 0 Å². The molecular formula is C19H25NS. The molecule has 2 heteroatoms. The maximum absolute atomic E-state index is 3.74. The fraction of sp³-hybridized carbons (Fsp3) is 0.474. The third-order valence-electron chi connectivity index (χ3n) is 4.67. The third kappa shape index (κ3) is 3.07. The molecule has 0 amide bonds. The molecule has 112 valence electrons. The van der Waals surface area contributed by atoms with Crippen LogP contribution in [0.15, 0.2) is 35.7 Å². The molecular weight excluding hydrogens is 274 g/mol. The number of rotatable bonds is 5. The van der Waals surface area contributed by atoms with Gasteiger partial charge in [0, 0.05) is 16.8 Å². The van der Waals surface area contributed by atoms with Crippen LogP contribution in [0.25, 0.3) is 0 Å². The summed E-state index contributed by atoms with van der Waals surface area (Å²) in [6, 6.07) is 12.0. The van der Waals surface area contributed by atoms with Crippen LogP contribution in [0.4, 0.5) is 0 Å². The summed E-state index contributed by atoms with van der Waals surface area (Å²) in [6.07, 6.45) is 5.02. The normalized spacial score (nSPS) is 19.2. The van der Waals surface area contributed by atoms with Crippen LogP contribution >= 0.6 is 11.3 Å². The Hall–Kier alpha value is -1.12. The van der Waals surface area contributed by atoms with E-state index in [1.165, 1.54) is 30.4 Å². The van der Waals surface area contributed by atoms with E-state index in [9.17, 15) is 0 Å². The molecule has 0 fully saturated rings. The predicted molar refractivity (Wildman–Crippen MR) is 92.2 cm³/mol. The van der Waals surface area contributed by atoms with Crippen molar-refractivity contribution in [3.63, 3.8) is 0 Å². The van der Waals surface area contributed by atoms with Gasteiger partial charge in [-0.2, -0.15) is 0 Å². The number of likely N-dealkylation sites (N-methyl/N-ethyl adjacent to an activating group) is 1. The summed E-state index contributed by atoms with van der Waals surface area (Å²) in [7, 11) is 0. The molecule has 1 aromatic heterocycles. The van der Waals surface area contributed by atoms with E-state index in [2.05, 4.69) is 54.9 Å². The van der Waals surface area contributed by atoms with Crippen molar-refractivity contribution in [1.82, 2.24) is 5.32 Å². The highest BCUT2D eigenvalue weighted by molar-refractivity contribution is 7.10. The van der Waals surface area contributed by atoms with Crippen molar-refractivity contribution in [3.05, 3.63) is 57.3 Å². The Morgan fingerprint density at radius 2 is 2.00 bits per heavy atom. The molecule has 1 nitrogen and oxygen atoms in total. The summed E-state index contributed by atoms with van der Waals surface area (Å²) in [4.78, 5) is 1.61. The lowest BCUT2D eigenvalue weighted by molar-refractivity contribution is 0.411. The highest BCUT2D eigenvalue weighted by Crippen LogP contribution is 2.42. The average molecular weight is 299 g/mol. The molecule has 0 aliphatic heterocycles. The zero-order valence-electron chi connectivity index (χ0n) is 13.1. The average Bonchev–Trinajstić information content (AvgIpc) is 3.01. The molecule has 0 spiro atoms. The molecule has 1 aliphatic rings. The van der Waals surface area contributed by atoms with Gasteiger partial charge in [-0.1, -0.05) is 38.1 Å². The molecule has 2 atom stereocenters. The van der Waals surface area contributed by atoms with Gasteiger partial charge in [0.1, 0.15) is 0 Å². The molecule has 0 saturated heterocycles. The second-order valence-electron chi connectivity index (χ2n) is 5.93. The van der Waals surface area contributed by atoms with E-state index < -0.39 is 0 Å². The van der Waals surface area contributed by atoms with Crippen molar-refractivity contribution in [3.8, 4) is 0 Å². The Kier molecular flexibility index (Phi) is 4.77. The van der Waals surface area contributed by atoms with Crippen molar-refractivity contribution in [2.75, 3.05) is 6.54 Å². The van der Waals surface area contributed by atoms with Crippen LogP contribution < -0.4 is 5.32 Å². The summed E-state index contributed by atoms with van der Waals surface area (Å²) >= 11 is 1.94. The van der Waals surface area contributed by atoms with Crippen LogP contribution in [0.2, 0.25) is 0 Å². The van der Waals surface area contributed by atoms with Crippen molar-refractivity contribution < 1.29 is 0 Å². The van der Waals surface area contributed by atoms with Crippen molar-refractivity contribution in [1.29, 1.82) is 0 Å². The first-order chi connectivity index (χ1) is 10.3. The molecule has 21 heavy (non-hydrogen) atoms. The Labute approximate surface area is 132 Å². The van der Waals surface area contributed by atoms with Gasteiger partial charge >= 0.3 is 0 Å². The fourth-order valence-corrected chi connectivity index (χ4v) is 4.54. The quantitative estimate of drug-likeness (QED) is 0.811. The largest absolute Gasteiger partial charge is 0.310 e. The van der Waals surface area contributed by atoms with E-state index in [4.69, 9.17) is 0 Å². The van der Waals surface area contributed by atoms with Gasteiger partial charge < -0.3 is 5.32 Å². The van der Waals surface area contributed by atoms with Gasteiger partial charge in [0.05, 0.1) is 0 Å². The van der Waals surface area contributed by atoms with Gasteiger partial charge in [-0.15, -0.1) is 11.3 Å². The maximum Gasteiger partial charge on any atom is 0.0389 e. The fourth-order valence-electron chi connectivity index (χ4n) is 3.54. The topological polar surface area (TPSA) is 12.0 Å². The van der Waals surface area contributed by atoms with Gasteiger partial charge in [0.25, 0.3) is 0 Å². The third-order valence-corrected chi connectivity index (χ3v) is 5.67. The Balaban J connectivity index is 1.91. The lowest BCUT2D eigenvalue weighted by Crippen LogP contribution is -2.28. The summed E-state index contributed by atoms with van der Waals surface area (Å²) in [5.41, 5.74) is 4.46. The van der Waals surface area contributed by atoms with Gasteiger partial charge in [0.2, 0.25) is 0 Å². The number of benzene rings is 1. The first-order valence-corrected chi connectivity index (χ1v) is 9.10. The summed E-state index contributed by atoms with van der Waals surface area (Å²) in [6.45, 7) is 5.45. The molecule has 3 rings (SSSR count). The molecule has 1 N–H and O–H groups in total. The molecule has 0 saturated carbocycles. The van der Waals surface area contributed by atoms with Crippen molar-refractivity contribution >= 4 is 11.3 Å². The minimum absolute atomic E-state index is 0.453. The molecule has 1 aromatic carbocycles. The standard InChI is InChI=1S/C19H25NS/c1-3-14-8-10-15(11-9-14)19(20-4-2)17-6-5-7-18-16(17)12-13-21-18/h8-13,17,19-20H,3-7H2,1-2H3. The SMILES string of the molecule is CCNC(c1ccc(CC)cc1)C1CCCc2sccc21. The van der Waals surface area contributed by atoms with E-state index in [-0.39, 0.29) is 0 Å². The smallest absolute Gasteiger partial charge is 0.0389 e. The molecule has 2 unspecified atom stereocenters. The lowest BCUT2D eigenvalue weighted by Gasteiger charge is -2.32. The molecule has 0 bridgehead atoms. The summed E-state index contributed by atoms with van der Waals surface area (Å²) in [5, 5.41) is 6.01. The van der Waals surface area contributed by atoms with Crippen molar-refractivity contribution in [2.45, 2.75) is 51.5 Å². The number of thiophene rings is 1. The first kappa shape index (κ1) is 14.8. The zero-order valence-corrected chi connectivity index (χ0v) is 13.9. The predicted octanol–water partition coefficient (Wildman–Crippen LogP) is 5.08.